The van der Waals surface area contributed by atoms with Crippen molar-refractivity contribution < 1.29 is 4.79 Å². The molecule has 0 fully saturated rings. The molecule has 0 spiro atoms. The van der Waals surface area contributed by atoms with Crippen LogP contribution in [0.5, 0.6) is 0 Å². The van der Waals surface area contributed by atoms with Gasteiger partial charge in [0, 0.05) is 13.0 Å². The summed E-state index contributed by atoms with van der Waals surface area (Å²) in [5.74, 6) is 1.07. The minimum atomic E-state index is -0.0839. The van der Waals surface area contributed by atoms with Gasteiger partial charge < -0.3 is 10.3 Å². The Kier molecular flexibility index (Phi) is 4.55. The molecule has 0 aliphatic heterocycles. The molecule has 0 radical (unpaired) electrons. The molecular formula is C16H23N3O. The van der Waals surface area contributed by atoms with Crippen LogP contribution in [0.2, 0.25) is 0 Å². The highest BCUT2D eigenvalue weighted by molar-refractivity contribution is 5.78. The van der Waals surface area contributed by atoms with Crippen LogP contribution >= 0.6 is 0 Å². The smallest absolute Gasteiger partial charge is 0.131 e. The van der Waals surface area contributed by atoms with Crippen LogP contribution in [0.25, 0.3) is 11.0 Å². The zero-order valence-corrected chi connectivity index (χ0v) is 12.5. The van der Waals surface area contributed by atoms with Gasteiger partial charge in [-0.25, -0.2) is 4.98 Å². The first-order valence-electron chi connectivity index (χ1n) is 7.30. The number of ketones is 1. The van der Waals surface area contributed by atoms with E-state index in [9.17, 15) is 4.79 Å². The molecule has 1 atom stereocenters. The van der Waals surface area contributed by atoms with Crippen molar-refractivity contribution >= 4 is 16.8 Å². The molecule has 0 bridgehead atoms. The minimum Gasteiger partial charge on any atom is -0.326 e. The molecule has 0 saturated carbocycles. The van der Waals surface area contributed by atoms with Crippen LogP contribution in [0.15, 0.2) is 18.2 Å². The predicted octanol–water partition coefficient (Wildman–Crippen LogP) is 2.99. The Morgan fingerprint density at radius 1 is 1.40 bits per heavy atom. The van der Waals surface area contributed by atoms with Crippen molar-refractivity contribution in [3.05, 3.63) is 29.6 Å². The third-order valence-electron chi connectivity index (χ3n) is 3.71. The lowest BCUT2D eigenvalue weighted by atomic mass is 10.1. The van der Waals surface area contributed by atoms with Gasteiger partial charge in [-0.05, 0) is 37.5 Å². The first kappa shape index (κ1) is 14.7. The number of nitrogens with two attached hydrogens (primary N) is 1. The molecule has 0 amide bonds. The molecule has 1 heterocycles. The van der Waals surface area contributed by atoms with E-state index in [1.165, 1.54) is 5.56 Å². The van der Waals surface area contributed by atoms with Gasteiger partial charge in [-0.3, -0.25) is 4.79 Å². The van der Waals surface area contributed by atoms with Crippen molar-refractivity contribution in [2.45, 2.75) is 52.6 Å². The van der Waals surface area contributed by atoms with Gasteiger partial charge in [-0.1, -0.05) is 19.9 Å². The summed E-state index contributed by atoms with van der Waals surface area (Å²) in [5.41, 5.74) is 9.49. The van der Waals surface area contributed by atoms with E-state index in [2.05, 4.69) is 36.6 Å². The average molecular weight is 273 g/mol. The van der Waals surface area contributed by atoms with Gasteiger partial charge in [-0.2, -0.15) is 0 Å². The van der Waals surface area contributed by atoms with Crippen LogP contribution in [0.3, 0.4) is 0 Å². The Morgan fingerprint density at radius 3 is 2.75 bits per heavy atom. The number of hydrogen-bond acceptors (Lipinski definition) is 3. The van der Waals surface area contributed by atoms with E-state index < -0.39 is 0 Å². The molecule has 4 heteroatoms. The lowest BCUT2D eigenvalue weighted by molar-refractivity contribution is -0.117. The average Bonchev–Trinajstić information content (AvgIpc) is 2.81. The summed E-state index contributed by atoms with van der Waals surface area (Å²) in [6.07, 6.45) is 2.35. The fourth-order valence-electron chi connectivity index (χ4n) is 2.38. The quantitative estimate of drug-likeness (QED) is 0.880. The molecule has 0 aliphatic rings. The third kappa shape index (κ3) is 2.90. The van der Waals surface area contributed by atoms with Gasteiger partial charge in [0.05, 0.1) is 17.1 Å². The number of rotatable bonds is 6. The molecule has 1 aromatic carbocycles. The number of aryl methyl sites for hydroxylation is 2. The first-order chi connectivity index (χ1) is 9.56. The lowest BCUT2D eigenvalue weighted by Gasteiger charge is -2.12. The lowest BCUT2D eigenvalue weighted by Crippen LogP contribution is -2.16. The Labute approximate surface area is 120 Å². The van der Waals surface area contributed by atoms with E-state index in [0.29, 0.717) is 13.0 Å². The summed E-state index contributed by atoms with van der Waals surface area (Å²) in [6, 6.07) is 6.24. The maximum Gasteiger partial charge on any atom is 0.131 e. The highest BCUT2D eigenvalue weighted by atomic mass is 16.1. The SMILES string of the molecule is CCc1ccc2c(c1)nc(C(N)CC)n2CCC(C)=O. The summed E-state index contributed by atoms with van der Waals surface area (Å²) in [5, 5.41) is 0. The van der Waals surface area contributed by atoms with Crippen molar-refractivity contribution in [2.24, 2.45) is 5.73 Å². The number of carbonyl (C=O) groups excluding carboxylic acids is 1. The number of Topliss-reactive ketones (excluding diaryl/α,β-unsaturated/α-hetero) is 1. The molecule has 0 saturated heterocycles. The zero-order valence-electron chi connectivity index (χ0n) is 12.5. The van der Waals surface area contributed by atoms with Gasteiger partial charge in [-0.15, -0.1) is 0 Å². The van der Waals surface area contributed by atoms with Crippen LogP contribution in [0.1, 0.15) is 51.0 Å². The summed E-state index contributed by atoms with van der Waals surface area (Å²) in [6.45, 7) is 6.46. The fourth-order valence-corrected chi connectivity index (χ4v) is 2.38. The number of imidazole rings is 1. The van der Waals surface area contributed by atoms with Crippen LogP contribution in [-0.4, -0.2) is 15.3 Å². The monoisotopic (exact) mass is 273 g/mol. The Hall–Kier alpha value is -1.68. The molecule has 0 aliphatic carbocycles. The summed E-state index contributed by atoms with van der Waals surface area (Å²) in [4.78, 5) is 16.0. The normalized spacial score (nSPS) is 12.8. The van der Waals surface area contributed by atoms with Gasteiger partial charge in [0.15, 0.2) is 0 Å². The first-order valence-corrected chi connectivity index (χ1v) is 7.30. The summed E-state index contributed by atoms with van der Waals surface area (Å²) >= 11 is 0. The molecule has 2 rings (SSSR count). The van der Waals surface area contributed by atoms with Gasteiger partial charge in [0.25, 0.3) is 0 Å². The molecule has 2 aromatic rings. The number of aromatic nitrogens is 2. The highest BCUT2D eigenvalue weighted by Crippen LogP contribution is 2.23. The second-order valence-corrected chi connectivity index (χ2v) is 5.27. The maximum atomic E-state index is 11.3. The number of benzene rings is 1. The Morgan fingerprint density at radius 2 is 2.15 bits per heavy atom. The van der Waals surface area contributed by atoms with Crippen molar-refractivity contribution in [3.63, 3.8) is 0 Å². The van der Waals surface area contributed by atoms with E-state index in [-0.39, 0.29) is 11.8 Å². The molecule has 4 nitrogen and oxygen atoms in total. The van der Waals surface area contributed by atoms with Gasteiger partial charge in [0.1, 0.15) is 11.6 Å². The van der Waals surface area contributed by atoms with E-state index in [4.69, 9.17) is 10.7 Å². The van der Waals surface area contributed by atoms with E-state index in [1.807, 2.05) is 0 Å². The van der Waals surface area contributed by atoms with E-state index >= 15 is 0 Å². The van der Waals surface area contributed by atoms with E-state index in [1.54, 1.807) is 6.92 Å². The van der Waals surface area contributed by atoms with Crippen LogP contribution in [0.4, 0.5) is 0 Å². The van der Waals surface area contributed by atoms with E-state index in [0.717, 1.165) is 29.7 Å². The van der Waals surface area contributed by atoms with Crippen LogP contribution in [-0.2, 0) is 17.8 Å². The second kappa shape index (κ2) is 6.18. The number of nitrogens with zero attached hydrogens (tertiary/aromatic N) is 2. The Balaban J connectivity index is 2.50. The molecule has 108 valence electrons. The van der Waals surface area contributed by atoms with Crippen molar-refractivity contribution in [1.29, 1.82) is 0 Å². The van der Waals surface area contributed by atoms with Gasteiger partial charge >= 0.3 is 0 Å². The maximum absolute atomic E-state index is 11.3. The summed E-state index contributed by atoms with van der Waals surface area (Å²) in [7, 11) is 0. The largest absolute Gasteiger partial charge is 0.326 e. The van der Waals surface area contributed by atoms with Crippen molar-refractivity contribution in [1.82, 2.24) is 9.55 Å². The van der Waals surface area contributed by atoms with Crippen molar-refractivity contribution in [2.75, 3.05) is 0 Å². The standard InChI is InChI=1S/C16H23N3O/c1-4-12-6-7-15-14(10-12)18-16(13(17)5-2)19(15)9-8-11(3)20/h6-7,10,13H,4-5,8-9,17H2,1-3H3. The summed E-state index contributed by atoms with van der Waals surface area (Å²) < 4.78 is 2.10. The Bertz CT molecular complexity index is 615. The van der Waals surface area contributed by atoms with Crippen molar-refractivity contribution in [3.8, 4) is 0 Å². The topological polar surface area (TPSA) is 60.9 Å². The molecule has 1 unspecified atom stereocenters. The fraction of sp³-hybridized carbons (Fsp3) is 0.500. The van der Waals surface area contributed by atoms with Gasteiger partial charge in [0.2, 0.25) is 0 Å². The third-order valence-corrected chi connectivity index (χ3v) is 3.71. The highest BCUT2D eigenvalue weighted by Gasteiger charge is 2.16. The molecule has 1 aromatic heterocycles. The zero-order chi connectivity index (χ0) is 14.7. The minimum absolute atomic E-state index is 0.0839. The van der Waals surface area contributed by atoms with Crippen LogP contribution in [0, 0.1) is 0 Å². The molecule has 20 heavy (non-hydrogen) atoms. The second-order valence-electron chi connectivity index (χ2n) is 5.27. The van der Waals surface area contributed by atoms with Crippen LogP contribution < -0.4 is 5.73 Å². The molecular weight excluding hydrogens is 250 g/mol. The number of carbonyl (C=O) groups is 1. The predicted molar refractivity (Wildman–Crippen MR) is 81.6 cm³/mol. The number of hydrogen-bond donors (Lipinski definition) is 1. The number of fused-ring (bicyclic) bond motifs is 1. The molecule has 2 N–H and O–H groups in total.